The number of benzene rings is 1. The summed E-state index contributed by atoms with van der Waals surface area (Å²) in [7, 11) is 0. The third-order valence-corrected chi connectivity index (χ3v) is 3.50. The molecule has 2 aromatic rings. The van der Waals surface area contributed by atoms with Crippen LogP contribution in [-0.4, -0.2) is 22.8 Å². The topological polar surface area (TPSA) is 75.4 Å². The first-order chi connectivity index (χ1) is 10.1. The van der Waals surface area contributed by atoms with Gasteiger partial charge in [-0.2, -0.15) is 0 Å². The van der Waals surface area contributed by atoms with Crippen LogP contribution in [0.1, 0.15) is 35.0 Å². The number of hydrogen-bond acceptors (Lipinski definition) is 4. The van der Waals surface area contributed by atoms with E-state index in [9.17, 15) is 9.90 Å². The highest BCUT2D eigenvalue weighted by molar-refractivity contribution is 5.76. The van der Waals surface area contributed by atoms with Crippen LogP contribution >= 0.6 is 0 Å². The van der Waals surface area contributed by atoms with Gasteiger partial charge in [-0.3, -0.25) is 4.79 Å². The Hall–Kier alpha value is -2.14. The molecule has 1 amide bonds. The standard InChI is InChI=1S/C16H20N2O3/c1-11-14(12(2)21-18-11)8-9-16(20)17-15(10-19)13-6-4-3-5-7-13/h3-7,15,19H,8-10H2,1-2H3,(H,17,20)/t15-/m0/s1. The summed E-state index contributed by atoms with van der Waals surface area (Å²) in [4.78, 5) is 12.0. The number of aliphatic hydroxyl groups is 1. The molecule has 1 atom stereocenters. The van der Waals surface area contributed by atoms with E-state index >= 15 is 0 Å². The minimum absolute atomic E-state index is 0.0992. The predicted octanol–water partition coefficient (Wildman–Crippen LogP) is 2.07. The van der Waals surface area contributed by atoms with E-state index in [1.165, 1.54) is 0 Å². The zero-order valence-electron chi connectivity index (χ0n) is 12.3. The van der Waals surface area contributed by atoms with Gasteiger partial charge in [0.2, 0.25) is 5.91 Å². The number of carbonyl (C=O) groups is 1. The molecule has 5 nitrogen and oxygen atoms in total. The van der Waals surface area contributed by atoms with Gasteiger partial charge in [0.1, 0.15) is 5.76 Å². The van der Waals surface area contributed by atoms with Crippen LogP contribution in [0.2, 0.25) is 0 Å². The van der Waals surface area contributed by atoms with Crippen molar-refractivity contribution in [2.45, 2.75) is 32.7 Å². The average molecular weight is 288 g/mol. The van der Waals surface area contributed by atoms with E-state index in [1.54, 1.807) is 0 Å². The fourth-order valence-electron chi connectivity index (χ4n) is 2.28. The normalized spacial score (nSPS) is 12.1. The second kappa shape index (κ2) is 7.04. The van der Waals surface area contributed by atoms with Crippen molar-refractivity contribution in [3.05, 3.63) is 52.9 Å². The average Bonchev–Trinajstić information content (AvgIpc) is 2.82. The molecule has 1 aromatic heterocycles. The number of nitrogens with one attached hydrogen (secondary N) is 1. The molecule has 5 heteroatoms. The SMILES string of the molecule is Cc1noc(C)c1CCC(=O)N[C@@H](CO)c1ccccc1. The Morgan fingerprint density at radius 3 is 2.62 bits per heavy atom. The summed E-state index contributed by atoms with van der Waals surface area (Å²) in [6.07, 6.45) is 0.923. The van der Waals surface area contributed by atoms with Crippen molar-refractivity contribution < 1.29 is 14.4 Å². The number of carbonyl (C=O) groups excluding carboxylic acids is 1. The number of aliphatic hydroxyl groups excluding tert-OH is 1. The lowest BCUT2D eigenvalue weighted by atomic mass is 10.1. The van der Waals surface area contributed by atoms with Crippen LogP contribution in [-0.2, 0) is 11.2 Å². The van der Waals surface area contributed by atoms with Gasteiger partial charge >= 0.3 is 0 Å². The second-order valence-electron chi connectivity index (χ2n) is 5.02. The van der Waals surface area contributed by atoms with Crippen LogP contribution < -0.4 is 5.32 Å². The van der Waals surface area contributed by atoms with E-state index in [0.717, 1.165) is 22.6 Å². The molecule has 21 heavy (non-hydrogen) atoms. The zero-order valence-corrected chi connectivity index (χ0v) is 12.3. The van der Waals surface area contributed by atoms with E-state index in [1.807, 2.05) is 44.2 Å². The zero-order chi connectivity index (χ0) is 15.2. The summed E-state index contributed by atoms with van der Waals surface area (Å²) in [5.41, 5.74) is 2.69. The molecule has 0 aliphatic rings. The van der Waals surface area contributed by atoms with Crippen molar-refractivity contribution in [1.29, 1.82) is 0 Å². The monoisotopic (exact) mass is 288 g/mol. The van der Waals surface area contributed by atoms with Crippen molar-refractivity contribution in [2.75, 3.05) is 6.61 Å². The Balaban J connectivity index is 1.92. The van der Waals surface area contributed by atoms with E-state index in [4.69, 9.17) is 4.52 Å². The highest BCUT2D eigenvalue weighted by Crippen LogP contribution is 2.15. The highest BCUT2D eigenvalue weighted by atomic mass is 16.5. The first-order valence-electron chi connectivity index (χ1n) is 6.98. The van der Waals surface area contributed by atoms with Crippen molar-refractivity contribution in [3.8, 4) is 0 Å². The van der Waals surface area contributed by atoms with Crippen LogP contribution in [0.25, 0.3) is 0 Å². The highest BCUT2D eigenvalue weighted by Gasteiger charge is 2.15. The maximum absolute atomic E-state index is 12.0. The fraction of sp³-hybridized carbons (Fsp3) is 0.375. The number of amides is 1. The van der Waals surface area contributed by atoms with Crippen LogP contribution in [0.4, 0.5) is 0 Å². The van der Waals surface area contributed by atoms with Crippen molar-refractivity contribution >= 4 is 5.91 Å². The Morgan fingerprint density at radius 2 is 2.05 bits per heavy atom. The third kappa shape index (κ3) is 3.92. The van der Waals surface area contributed by atoms with Crippen LogP contribution in [0.5, 0.6) is 0 Å². The number of hydrogen-bond donors (Lipinski definition) is 2. The number of rotatable bonds is 6. The molecule has 2 N–H and O–H groups in total. The molecular weight excluding hydrogens is 268 g/mol. The smallest absolute Gasteiger partial charge is 0.220 e. The fourth-order valence-corrected chi connectivity index (χ4v) is 2.28. The number of aryl methyl sites for hydroxylation is 2. The molecule has 1 heterocycles. The molecule has 2 rings (SSSR count). The minimum atomic E-state index is -0.372. The molecule has 0 saturated carbocycles. The summed E-state index contributed by atoms with van der Waals surface area (Å²) < 4.78 is 5.08. The summed E-state index contributed by atoms with van der Waals surface area (Å²) in [5.74, 6) is 0.653. The molecule has 0 fully saturated rings. The molecule has 0 aliphatic carbocycles. The molecule has 0 radical (unpaired) electrons. The summed E-state index contributed by atoms with van der Waals surface area (Å²) in [6.45, 7) is 3.58. The van der Waals surface area contributed by atoms with Gasteiger partial charge in [-0.25, -0.2) is 0 Å². The van der Waals surface area contributed by atoms with Gasteiger partial charge in [-0.1, -0.05) is 35.5 Å². The molecule has 112 valence electrons. The van der Waals surface area contributed by atoms with Crippen molar-refractivity contribution in [3.63, 3.8) is 0 Å². The predicted molar refractivity (Wildman–Crippen MR) is 78.7 cm³/mol. The lowest BCUT2D eigenvalue weighted by Crippen LogP contribution is -2.30. The summed E-state index contributed by atoms with van der Waals surface area (Å²) in [6, 6.07) is 9.06. The Labute approximate surface area is 124 Å². The van der Waals surface area contributed by atoms with Gasteiger partial charge in [0.15, 0.2) is 0 Å². The van der Waals surface area contributed by atoms with E-state index in [-0.39, 0.29) is 18.6 Å². The first kappa shape index (κ1) is 15.3. The number of nitrogens with zero attached hydrogens (tertiary/aromatic N) is 1. The van der Waals surface area contributed by atoms with Crippen molar-refractivity contribution in [2.24, 2.45) is 0 Å². The van der Waals surface area contributed by atoms with Gasteiger partial charge in [0, 0.05) is 12.0 Å². The number of aromatic nitrogens is 1. The first-order valence-corrected chi connectivity index (χ1v) is 6.98. The van der Waals surface area contributed by atoms with Gasteiger partial charge < -0.3 is 14.9 Å². The van der Waals surface area contributed by atoms with E-state index in [0.29, 0.717) is 12.8 Å². The minimum Gasteiger partial charge on any atom is -0.394 e. The Kier molecular flexibility index (Phi) is 5.11. The third-order valence-electron chi connectivity index (χ3n) is 3.50. The van der Waals surface area contributed by atoms with Gasteiger partial charge in [-0.15, -0.1) is 0 Å². The molecule has 0 saturated heterocycles. The van der Waals surface area contributed by atoms with Crippen LogP contribution in [0, 0.1) is 13.8 Å². The maximum Gasteiger partial charge on any atom is 0.220 e. The second-order valence-corrected chi connectivity index (χ2v) is 5.02. The van der Waals surface area contributed by atoms with Crippen LogP contribution in [0.3, 0.4) is 0 Å². The van der Waals surface area contributed by atoms with E-state index < -0.39 is 0 Å². The Bertz CT molecular complexity index is 573. The summed E-state index contributed by atoms with van der Waals surface area (Å²) >= 11 is 0. The van der Waals surface area contributed by atoms with E-state index in [2.05, 4.69) is 10.5 Å². The Morgan fingerprint density at radius 1 is 1.33 bits per heavy atom. The molecule has 0 bridgehead atoms. The molecule has 0 unspecified atom stereocenters. The summed E-state index contributed by atoms with van der Waals surface area (Å²) in [5, 5.41) is 16.1. The maximum atomic E-state index is 12.0. The van der Waals surface area contributed by atoms with Crippen molar-refractivity contribution in [1.82, 2.24) is 10.5 Å². The molecule has 0 spiro atoms. The molecule has 0 aliphatic heterocycles. The lowest BCUT2D eigenvalue weighted by Gasteiger charge is -2.16. The van der Waals surface area contributed by atoms with Gasteiger partial charge in [0.25, 0.3) is 0 Å². The quantitative estimate of drug-likeness (QED) is 0.853. The van der Waals surface area contributed by atoms with Gasteiger partial charge in [0.05, 0.1) is 18.3 Å². The largest absolute Gasteiger partial charge is 0.394 e. The lowest BCUT2D eigenvalue weighted by molar-refractivity contribution is -0.122. The van der Waals surface area contributed by atoms with Gasteiger partial charge in [-0.05, 0) is 25.8 Å². The molecular formula is C16H20N2O3. The van der Waals surface area contributed by atoms with Crippen LogP contribution in [0.15, 0.2) is 34.9 Å². The molecule has 1 aromatic carbocycles.